The van der Waals surface area contributed by atoms with E-state index in [0.29, 0.717) is 22.2 Å². The van der Waals surface area contributed by atoms with E-state index in [-0.39, 0.29) is 18.9 Å². The predicted octanol–water partition coefficient (Wildman–Crippen LogP) is 2.17. The summed E-state index contributed by atoms with van der Waals surface area (Å²) in [5, 5.41) is 2.97. The number of fused-ring (bicyclic) bond motifs is 1. The van der Waals surface area contributed by atoms with E-state index in [1.54, 1.807) is 43.3 Å². The molecule has 3 rings (SSSR count). The highest BCUT2D eigenvalue weighted by molar-refractivity contribution is 5.90. The Kier molecular flexibility index (Phi) is 4.47. The fourth-order valence-electron chi connectivity index (χ4n) is 2.57. The maximum absolute atomic E-state index is 13.5. The normalized spacial score (nSPS) is 10.8. The lowest BCUT2D eigenvalue weighted by Gasteiger charge is -2.10. The molecule has 6 nitrogen and oxygen atoms in total. The van der Waals surface area contributed by atoms with E-state index >= 15 is 0 Å². The van der Waals surface area contributed by atoms with Crippen molar-refractivity contribution in [2.24, 2.45) is 0 Å². The van der Waals surface area contributed by atoms with Gasteiger partial charge in [-0.3, -0.25) is 19.1 Å². The van der Waals surface area contributed by atoms with Crippen LogP contribution in [0.1, 0.15) is 12.0 Å². The summed E-state index contributed by atoms with van der Waals surface area (Å²) in [5.41, 5.74) is 0.274. The molecule has 128 valence electrons. The van der Waals surface area contributed by atoms with E-state index < -0.39 is 17.1 Å². The van der Waals surface area contributed by atoms with Crippen molar-refractivity contribution in [2.45, 2.75) is 19.9 Å². The summed E-state index contributed by atoms with van der Waals surface area (Å²) in [4.78, 5) is 38.2. The van der Waals surface area contributed by atoms with Crippen LogP contribution in [0, 0.1) is 12.7 Å². The van der Waals surface area contributed by atoms with E-state index in [1.165, 1.54) is 10.6 Å². The molecule has 0 atom stereocenters. The van der Waals surface area contributed by atoms with Gasteiger partial charge in [-0.2, -0.15) is 0 Å². The van der Waals surface area contributed by atoms with Crippen LogP contribution in [0.4, 0.5) is 10.1 Å². The number of aryl methyl sites for hydroxylation is 2. The van der Waals surface area contributed by atoms with Crippen molar-refractivity contribution in [3.8, 4) is 0 Å². The Morgan fingerprint density at radius 2 is 1.96 bits per heavy atom. The summed E-state index contributed by atoms with van der Waals surface area (Å²) in [6.45, 7) is 1.73. The molecule has 0 saturated heterocycles. The van der Waals surface area contributed by atoms with E-state index in [4.69, 9.17) is 0 Å². The molecule has 1 aromatic heterocycles. The zero-order chi connectivity index (χ0) is 18.0. The molecule has 0 saturated carbocycles. The molecule has 0 bridgehead atoms. The Morgan fingerprint density at radius 1 is 1.20 bits per heavy atom. The Labute approximate surface area is 141 Å². The maximum atomic E-state index is 13.5. The van der Waals surface area contributed by atoms with Crippen LogP contribution in [0.2, 0.25) is 0 Å². The molecule has 3 aromatic rings. The summed E-state index contributed by atoms with van der Waals surface area (Å²) in [7, 11) is 0. The standard InChI is InChI=1S/C18H16FN3O3/c1-11-6-7-12(10-14(11)19)20-16(23)8-9-22-15-5-3-2-4-13(15)17(24)21-18(22)25/h2-7,10H,8-9H2,1H3,(H,20,23)(H,21,24,25). The first kappa shape index (κ1) is 16.6. The van der Waals surface area contributed by atoms with Crippen LogP contribution in [0.15, 0.2) is 52.1 Å². The topological polar surface area (TPSA) is 84.0 Å². The Bertz CT molecular complexity index is 1070. The number of amides is 1. The molecule has 1 amide bonds. The molecule has 0 spiro atoms. The highest BCUT2D eigenvalue weighted by atomic mass is 19.1. The number of benzene rings is 2. The van der Waals surface area contributed by atoms with Crippen molar-refractivity contribution in [3.63, 3.8) is 0 Å². The van der Waals surface area contributed by atoms with Gasteiger partial charge in [0.25, 0.3) is 5.56 Å². The quantitative estimate of drug-likeness (QED) is 0.763. The number of aromatic nitrogens is 2. The van der Waals surface area contributed by atoms with Gasteiger partial charge >= 0.3 is 5.69 Å². The first-order valence-electron chi connectivity index (χ1n) is 7.73. The molecule has 0 fully saturated rings. The number of para-hydroxylation sites is 1. The zero-order valence-electron chi connectivity index (χ0n) is 13.5. The van der Waals surface area contributed by atoms with Crippen molar-refractivity contribution in [1.82, 2.24) is 9.55 Å². The molecule has 1 heterocycles. The minimum Gasteiger partial charge on any atom is -0.326 e. The molecular weight excluding hydrogens is 325 g/mol. The van der Waals surface area contributed by atoms with Gasteiger partial charge in [-0.15, -0.1) is 0 Å². The predicted molar refractivity (Wildman–Crippen MR) is 93.2 cm³/mol. The molecule has 0 radical (unpaired) electrons. The molecule has 0 unspecified atom stereocenters. The maximum Gasteiger partial charge on any atom is 0.328 e. The third-order valence-electron chi connectivity index (χ3n) is 3.92. The van der Waals surface area contributed by atoms with Crippen LogP contribution in [-0.2, 0) is 11.3 Å². The molecule has 2 aromatic carbocycles. The van der Waals surface area contributed by atoms with Crippen molar-refractivity contribution < 1.29 is 9.18 Å². The van der Waals surface area contributed by atoms with Crippen molar-refractivity contribution in [1.29, 1.82) is 0 Å². The summed E-state index contributed by atoms with van der Waals surface area (Å²) in [5.74, 6) is -0.758. The number of carbonyl (C=O) groups is 1. The molecule has 2 N–H and O–H groups in total. The lowest BCUT2D eigenvalue weighted by atomic mass is 10.2. The number of H-pyrrole nitrogens is 1. The van der Waals surface area contributed by atoms with Gasteiger partial charge in [0, 0.05) is 18.7 Å². The Hall–Kier alpha value is -3.22. The second kappa shape index (κ2) is 6.72. The van der Waals surface area contributed by atoms with Gasteiger partial charge in [0.2, 0.25) is 5.91 Å². The van der Waals surface area contributed by atoms with Crippen LogP contribution >= 0.6 is 0 Å². The number of anilines is 1. The van der Waals surface area contributed by atoms with Gasteiger partial charge in [0.1, 0.15) is 5.82 Å². The Balaban J connectivity index is 1.78. The Morgan fingerprint density at radius 3 is 2.72 bits per heavy atom. The monoisotopic (exact) mass is 341 g/mol. The first-order valence-corrected chi connectivity index (χ1v) is 7.73. The number of halogens is 1. The SMILES string of the molecule is Cc1ccc(NC(=O)CCn2c(=O)[nH]c(=O)c3ccccc32)cc1F. The molecule has 7 heteroatoms. The van der Waals surface area contributed by atoms with E-state index in [1.807, 2.05) is 0 Å². The van der Waals surface area contributed by atoms with Gasteiger partial charge in [-0.25, -0.2) is 9.18 Å². The average molecular weight is 341 g/mol. The lowest BCUT2D eigenvalue weighted by molar-refractivity contribution is -0.116. The zero-order valence-corrected chi connectivity index (χ0v) is 13.5. The van der Waals surface area contributed by atoms with E-state index in [9.17, 15) is 18.8 Å². The van der Waals surface area contributed by atoms with Gasteiger partial charge in [-0.05, 0) is 36.8 Å². The summed E-state index contributed by atoms with van der Waals surface area (Å²) in [6, 6.07) is 11.1. The molecule has 0 aliphatic heterocycles. The minimum absolute atomic E-state index is 0.00540. The van der Waals surface area contributed by atoms with Gasteiger partial charge in [0.15, 0.2) is 0 Å². The average Bonchev–Trinajstić information content (AvgIpc) is 2.58. The number of hydrogen-bond acceptors (Lipinski definition) is 3. The fraction of sp³-hybridized carbons (Fsp3) is 0.167. The number of nitrogens with zero attached hydrogens (tertiary/aromatic N) is 1. The lowest BCUT2D eigenvalue weighted by Crippen LogP contribution is -2.31. The van der Waals surface area contributed by atoms with Crippen LogP contribution in [0.5, 0.6) is 0 Å². The highest BCUT2D eigenvalue weighted by Crippen LogP contribution is 2.14. The molecule has 25 heavy (non-hydrogen) atoms. The number of nitrogens with one attached hydrogen (secondary N) is 2. The van der Waals surface area contributed by atoms with Crippen molar-refractivity contribution in [2.75, 3.05) is 5.32 Å². The first-order chi connectivity index (χ1) is 12.0. The molecule has 0 aliphatic rings. The molecule has 0 aliphatic carbocycles. The third kappa shape index (κ3) is 3.50. The number of aromatic amines is 1. The number of carbonyl (C=O) groups excluding carboxylic acids is 1. The van der Waals surface area contributed by atoms with Crippen LogP contribution in [0.25, 0.3) is 10.9 Å². The highest BCUT2D eigenvalue weighted by Gasteiger charge is 2.10. The third-order valence-corrected chi connectivity index (χ3v) is 3.92. The fourth-order valence-corrected chi connectivity index (χ4v) is 2.57. The van der Waals surface area contributed by atoms with Crippen molar-refractivity contribution >= 4 is 22.5 Å². The second-order valence-electron chi connectivity index (χ2n) is 5.69. The van der Waals surface area contributed by atoms with Gasteiger partial charge in [0.05, 0.1) is 10.9 Å². The largest absolute Gasteiger partial charge is 0.328 e. The van der Waals surface area contributed by atoms with Crippen molar-refractivity contribution in [3.05, 3.63) is 74.7 Å². The summed E-state index contributed by atoms with van der Waals surface area (Å²) >= 11 is 0. The second-order valence-corrected chi connectivity index (χ2v) is 5.69. The number of rotatable bonds is 4. The van der Waals surface area contributed by atoms with E-state index in [0.717, 1.165) is 0 Å². The summed E-state index contributed by atoms with van der Waals surface area (Å²) < 4.78 is 14.9. The van der Waals surface area contributed by atoms with E-state index in [2.05, 4.69) is 10.3 Å². The van der Waals surface area contributed by atoms with Gasteiger partial charge < -0.3 is 5.32 Å². The van der Waals surface area contributed by atoms with Crippen LogP contribution in [-0.4, -0.2) is 15.5 Å². The van der Waals surface area contributed by atoms with Gasteiger partial charge in [-0.1, -0.05) is 18.2 Å². The smallest absolute Gasteiger partial charge is 0.326 e. The van der Waals surface area contributed by atoms with Crippen LogP contribution < -0.4 is 16.6 Å². The summed E-state index contributed by atoms with van der Waals surface area (Å²) in [6.07, 6.45) is 0.00540. The minimum atomic E-state index is -0.571. The van der Waals surface area contributed by atoms with Crippen LogP contribution in [0.3, 0.4) is 0 Å². The number of hydrogen-bond donors (Lipinski definition) is 2. The molecular formula is C18H16FN3O3.